The molecular formula is C21H21ClN2O2. The van der Waals surface area contributed by atoms with Crippen LogP contribution < -0.4 is 10.6 Å². The summed E-state index contributed by atoms with van der Waals surface area (Å²) in [5.41, 5.74) is 2.51. The van der Waals surface area contributed by atoms with E-state index in [0.717, 1.165) is 16.9 Å². The van der Waals surface area contributed by atoms with Crippen molar-refractivity contribution in [2.45, 2.75) is 25.9 Å². The number of amides is 1. The Morgan fingerprint density at radius 2 is 1.85 bits per heavy atom. The third kappa shape index (κ3) is 4.34. The third-order valence-corrected chi connectivity index (χ3v) is 4.63. The van der Waals surface area contributed by atoms with Crippen LogP contribution in [-0.2, 0) is 4.79 Å². The van der Waals surface area contributed by atoms with Crippen LogP contribution in [0.25, 0.3) is 0 Å². The minimum absolute atomic E-state index is 0.123. The van der Waals surface area contributed by atoms with Gasteiger partial charge in [0.25, 0.3) is 0 Å². The molecule has 4 nitrogen and oxygen atoms in total. The van der Waals surface area contributed by atoms with Gasteiger partial charge in [-0.2, -0.15) is 0 Å². The lowest BCUT2D eigenvalue weighted by Gasteiger charge is -2.22. The van der Waals surface area contributed by atoms with Crippen LogP contribution in [0.1, 0.15) is 35.9 Å². The lowest BCUT2D eigenvalue weighted by Crippen LogP contribution is -2.34. The topological polar surface area (TPSA) is 54.3 Å². The molecule has 0 fully saturated rings. The van der Waals surface area contributed by atoms with Crippen molar-refractivity contribution in [3.05, 3.63) is 88.8 Å². The van der Waals surface area contributed by atoms with E-state index in [0.29, 0.717) is 10.7 Å². The number of hydrogen-bond donors (Lipinski definition) is 2. The van der Waals surface area contributed by atoms with Gasteiger partial charge >= 0.3 is 0 Å². The Kier molecular flexibility index (Phi) is 5.76. The third-order valence-electron chi connectivity index (χ3n) is 4.22. The van der Waals surface area contributed by atoms with E-state index in [4.69, 9.17) is 16.0 Å². The number of hydrogen-bond acceptors (Lipinski definition) is 3. The van der Waals surface area contributed by atoms with Gasteiger partial charge in [0, 0.05) is 10.7 Å². The molecule has 1 amide bonds. The summed E-state index contributed by atoms with van der Waals surface area (Å²) in [7, 11) is 0. The summed E-state index contributed by atoms with van der Waals surface area (Å²) in [5, 5.41) is 6.91. The second kappa shape index (κ2) is 8.21. The minimum atomic E-state index is -0.531. The van der Waals surface area contributed by atoms with Gasteiger partial charge in [-0.05, 0) is 49.2 Å². The molecule has 0 aliphatic rings. The van der Waals surface area contributed by atoms with Crippen LogP contribution in [0, 0.1) is 6.92 Å². The second-order valence-electron chi connectivity index (χ2n) is 6.20. The van der Waals surface area contributed by atoms with E-state index in [-0.39, 0.29) is 11.9 Å². The normalized spacial score (nSPS) is 13.2. The maximum absolute atomic E-state index is 13.0. The fourth-order valence-electron chi connectivity index (χ4n) is 2.72. The molecule has 1 aromatic heterocycles. The predicted molar refractivity (Wildman–Crippen MR) is 104 cm³/mol. The number of rotatable bonds is 6. The van der Waals surface area contributed by atoms with Crippen molar-refractivity contribution in [2.24, 2.45) is 0 Å². The van der Waals surface area contributed by atoms with Gasteiger partial charge in [0.2, 0.25) is 5.91 Å². The van der Waals surface area contributed by atoms with Crippen LogP contribution in [0.15, 0.2) is 71.3 Å². The first-order valence-corrected chi connectivity index (χ1v) is 8.84. The van der Waals surface area contributed by atoms with Crippen molar-refractivity contribution in [1.82, 2.24) is 5.32 Å². The summed E-state index contributed by atoms with van der Waals surface area (Å²) in [6.07, 6.45) is 1.62. The molecule has 0 unspecified atom stereocenters. The number of furan rings is 1. The Hall–Kier alpha value is -2.56. The minimum Gasteiger partial charge on any atom is -0.468 e. The van der Waals surface area contributed by atoms with Crippen molar-refractivity contribution >= 4 is 23.2 Å². The zero-order chi connectivity index (χ0) is 18.5. The zero-order valence-corrected chi connectivity index (χ0v) is 15.5. The van der Waals surface area contributed by atoms with E-state index in [1.54, 1.807) is 12.3 Å². The van der Waals surface area contributed by atoms with Gasteiger partial charge < -0.3 is 9.73 Å². The van der Waals surface area contributed by atoms with Crippen LogP contribution in [0.2, 0.25) is 5.02 Å². The average molecular weight is 369 g/mol. The van der Waals surface area contributed by atoms with Gasteiger partial charge in [-0.1, -0.05) is 48.0 Å². The Morgan fingerprint density at radius 1 is 1.08 bits per heavy atom. The molecule has 2 aromatic carbocycles. The number of carbonyl (C=O) groups excluding carboxylic acids is 1. The van der Waals surface area contributed by atoms with Gasteiger partial charge in [-0.15, -0.1) is 0 Å². The number of nitrogens with one attached hydrogen (secondary N) is 2. The van der Waals surface area contributed by atoms with Gasteiger partial charge in [0.15, 0.2) is 0 Å². The predicted octanol–water partition coefficient (Wildman–Crippen LogP) is 5.27. The van der Waals surface area contributed by atoms with Gasteiger partial charge in [0.1, 0.15) is 11.8 Å². The first-order valence-electron chi connectivity index (χ1n) is 8.46. The van der Waals surface area contributed by atoms with Gasteiger partial charge in [-0.3, -0.25) is 10.1 Å². The van der Waals surface area contributed by atoms with E-state index < -0.39 is 6.04 Å². The van der Waals surface area contributed by atoms with Gasteiger partial charge in [0.05, 0.1) is 12.3 Å². The summed E-state index contributed by atoms with van der Waals surface area (Å²) >= 11 is 6.17. The van der Waals surface area contributed by atoms with E-state index in [1.807, 2.05) is 68.4 Å². The molecule has 134 valence electrons. The molecule has 0 saturated carbocycles. The highest BCUT2D eigenvalue weighted by molar-refractivity contribution is 6.31. The highest BCUT2D eigenvalue weighted by atomic mass is 35.5. The van der Waals surface area contributed by atoms with Crippen LogP contribution in [0.3, 0.4) is 0 Å². The fourth-order valence-corrected chi connectivity index (χ4v) is 2.90. The van der Waals surface area contributed by atoms with Crippen molar-refractivity contribution in [1.29, 1.82) is 0 Å². The SMILES string of the molecule is Cc1ccc(NC(=O)[C@@H](N[C@H](C)c2ccco2)c2ccccc2)cc1Cl. The van der Waals surface area contributed by atoms with Crippen molar-refractivity contribution in [3.8, 4) is 0 Å². The Morgan fingerprint density at radius 3 is 2.50 bits per heavy atom. The Balaban J connectivity index is 1.82. The molecule has 0 aliphatic heterocycles. The van der Waals surface area contributed by atoms with Crippen molar-refractivity contribution < 1.29 is 9.21 Å². The molecule has 0 bridgehead atoms. The number of carbonyl (C=O) groups is 1. The molecule has 3 aromatic rings. The number of aryl methyl sites for hydroxylation is 1. The maximum Gasteiger partial charge on any atom is 0.246 e. The molecule has 0 radical (unpaired) electrons. The van der Waals surface area contributed by atoms with E-state index in [9.17, 15) is 4.79 Å². The quantitative estimate of drug-likeness (QED) is 0.623. The largest absolute Gasteiger partial charge is 0.468 e. The molecule has 1 heterocycles. The number of halogens is 1. The first kappa shape index (κ1) is 18.2. The van der Waals surface area contributed by atoms with Crippen molar-refractivity contribution in [3.63, 3.8) is 0 Å². The average Bonchev–Trinajstić information content (AvgIpc) is 3.18. The van der Waals surface area contributed by atoms with E-state index in [1.165, 1.54) is 0 Å². The highest BCUT2D eigenvalue weighted by Crippen LogP contribution is 2.24. The molecule has 0 spiro atoms. The summed E-state index contributed by atoms with van der Waals surface area (Å²) in [6.45, 7) is 3.89. The van der Waals surface area contributed by atoms with Crippen LogP contribution in [0.4, 0.5) is 5.69 Å². The highest BCUT2D eigenvalue weighted by Gasteiger charge is 2.24. The summed E-state index contributed by atoms with van der Waals surface area (Å²) in [4.78, 5) is 13.0. The van der Waals surface area contributed by atoms with E-state index in [2.05, 4.69) is 10.6 Å². The zero-order valence-electron chi connectivity index (χ0n) is 14.7. The smallest absolute Gasteiger partial charge is 0.246 e. The second-order valence-corrected chi connectivity index (χ2v) is 6.61. The van der Waals surface area contributed by atoms with Gasteiger partial charge in [-0.25, -0.2) is 0 Å². The number of anilines is 1. The monoisotopic (exact) mass is 368 g/mol. The van der Waals surface area contributed by atoms with Crippen LogP contribution in [0.5, 0.6) is 0 Å². The van der Waals surface area contributed by atoms with Crippen molar-refractivity contribution in [2.75, 3.05) is 5.32 Å². The van der Waals surface area contributed by atoms with Crippen LogP contribution >= 0.6 is 11.6 Å². The molecule has 0 saturated heterocycles. The molecular weight excluding hydrogens is 348 g/mol. The lowest BCUT2D eigenvalue weighted by atomic mass is 10.0. The number of benzene rings is 2. The molecule has 2 atom stereocenters. The molecule has 5 heteroatoms. The Bertz CT molecular complexity index is 863. The maximum atomic E-state index is 13.0. The molecule has 26 heavy (non-hydrogen) atoms. The van der Waals surface area contributed by atoms with E-state index >= 15 is 0 Å². The summed E-state index contributed by atoms with van der Waals surface area (Å²) < 4.78 is 5.45. The molecule has 3 rings (SSSR count). The van der Waals surface area contributed by atoms with Crippen LogP contribution in [-0.4, -0.2) is 5.91 Å². The summed E-state index contributed by atoms with van der Waals surface area (Å²) in [5.74, 6) is 0.617. The lowest BCUT2D eigenvalue weighted by molar-refractivity contribution is -0.118. The molecule has 0 aliphatic carbocycles. The summed E-state index contributed by atoms with van der Waals surface area (Å²) in [6, 6.07) is 18.2. The first-order chi connectivity index (χ1) is 12.5. The fraction of sp³-hybridized carbons (Fsp3) is 0.190. The standard InChI is InChI=1S/C21H21ClN2O2/c1-14-10-11-17(13-18(14)22)24-21(25)20(16-7-4-3-5-8-16)23-15(2)19-9-6-12-26-19/h3-13,15,20,23H,1-2H3,(H,24,25)/t15-,20+/m1/s1. The molecule has 2 N–H and O–H groups in total. The Labute approximate surface area is 158 Å².